The molecule has 3 rings (SSSR count). The van der Waals surface area contributed by atoms with Gasteiger partial charge in [0.15, 0.2) is 6.29 Å². The molecule has 0 radical (unpaired) electrons. The zero-order valence-corrected chi connectivity index (χ0v) is 8.84. The van der Waals surface area contributed by atoms with Crippen LogP contribution in [0.1, 0.15) is 34.8 Å². The molecule has 0 aliphatic heterocycles. The van der Waals surface area contributed by atoms with Gasteiger partial charge in [-0.3, -0.25) is 4.79 Å². The lowest BCUT2D eigenvalue weighted by molar-refractivity contribution is 0.112. The molecule has 3 nitrogen and oxygen atoms in total. The first-order valence-corrected chi connectivity index (χ1v) is 5.48. The molecule has 16 heavy (non-hydrogen) atoms. The number of aromatic nitrogens is 2. The van der Waals surface area contributed by atoms with Crippen LogP contribution in [0.4, 0.5) is 0 Å². The highest BCUT2D eigenvalue weighted by Crippen LogP contribution is 2.40. The third-order valence-electron chi connectivity index (χ3n) is 2.88. The molecule has 0 N–H and O–H groups in total. The number of hydrogen-bond donors (Lipinski definition) is 0. The van der Waals surface area contributed by atoms with E-state index in [4.69, 9.17) is 0 Å². The minimum atomic E-state index is 0.505. The number of hydrogen-bond acceptors (Lipinski definition) is 2. The molecule has 1 heterocycles. The van der Waals surface area contributed by atoms with E-state index in [1.165, 1.54) is 0 Å². The highest BCUT2D eigenvalue weighted by molar-refractivity contribution is 5.76. The first-order valence-electron chi connectivity index (χ1n) is 5.48. The summed E-state index contributed by atoms with van der Waals surface area (Å²) in [5.41, 5.74) is 2.68. The van der Waals surface area contributed by atoms with Crippen LogP contribution in [0, 0.1) is 0 Å². The highest BCUT2D eigenvalue weighted by Gasteiger charge is 2.29. The SMILES string of the molecule is O=Cc1cn(-c2ccccc2)nc1C1CC1. The van der Waals surface area contributed by atoms with Crippen LogP contribution in [0.2, 0.25) is 0 Å². The summed E-state index contributed by atoms with van der Waals surface area (Å²) in [5.74, 6) is 0.505. The van der Waals surface area contributed by atoms with Crippen LogP contribution in [0.25, 0.3) is 5.69 Å². The van der Waals surface area contributed by atoms with E-state index in [1.54, 1.807) is 4.68 Å². The number of aldehydes is 1. The van der Waals surface area contributed by atoms with Gasteiger partial charge in [-0.25, -0.2) is 4.68 Å². The lowest BCUT2D eigenvalue weighted by Gasteiger charge is -1.99. The lowest BCUT2D eigenvalue weighted by atomic mass is 10.2. The summed E-state index contributed by atoms with van der Waals surface area (Å²) >= 11 is 0. The molecular formula is C13H12N2O. The monoisotopic (exact) mass is 212 g/mol. The molecule has 1 aliphatic carbocycles. The van der Waals surface area contributed by atoms with Crippen LogP contribution in [0.15, 0.2) is 36.5 Å². The zero-order chi connectivity index (χ0) is 11.0. The Hall–Kier alpha value is -1.90. The summed E-state index contributed by atoms with van der Waals surface area (Å²) in [4.78, 5) is 11.0. The molecule has 1 aliphatic rings. The lowest BCUT2D eigenvalue weighted by Crippen LogP contribution is -1.94. The van der Waals surface area contributed by atoms with Crippen molar-refractivity contribution >= 4 is 6.29 Å². The molecule has 1 fully saturated rings. The third-order valence-corrected chi connectivity index (χ3v) is 2.88. The Balaban J connectivity index is 2.05. The number of rotatable bonds is 3. The largest absolute Gasteiger partial charge is 0.298 e. The first kappa shape index (κ1) is 9.33. The average molecular weight is 212 g/mol. The van der Waals surface area contributed by atoms with Crippen LogP contribution in [-0.4, -0.2) is 16.1 Å². The highest BCUT2D eigenvalue weighted by atomic mass is 16.1. The molecule has 0 spiro atoms. The van der Waals surface area contributed by atoms with E-state index >= 15 is 0 Å². The number of carbonyl (C=O) groups is 1. The molecule has 0 bridgehead atoms. The molecule has 3 heteroatoms. The van der Waals surface area contributed by atoms with Crippen LogP contribution in [0.3, 0.4) is 0 Å². The van der Waals surface area contributed by atoms with Crippen molar-refractivity contribution < 1.29 is 4.79 Å². The second-order valence-corrected chi connectivity index (χ2v) is 4.14. The zero-order valence-electron chi connectivity index (χ0n) is 8.84. The maximum Gasteiger partial charge on any atom is 0.153 e. The van der Waals surface area contributed by atoms with Gasteiger partial charge in [0, 0.05) is 12.1 Å². The quantitative estimate of drug-likeness (QED) is 0.733. The fourth-order valence-corrected chi connectivity index (χ4v) is 1.88. The molecule has 1 aromatic carbocycles. The fourth-order valence-electron chi connectivity index (χ4n) is 1.88. The fraction of sp³-hybridized carbons (Fsp3) is 0.231. The van der Waals surface area contributed by atoms with Crippen molar-refractivity contribution in [2.45, 2.75) is 18.8 Å². The van der Waals surface area contributed by atoms with Gasteiger partial charge in [0.2, 0.25) is 0 Å². The van der Waals surface area contributed by atoms with Crippen LogP contribution >= 0.6 is 0 Å². The summed E-state index contributed by atoms with van der Waals surface area (Å²) in [6.07, 6.45) is 5.04. The van der Waals surface area contributed by atoms with Gasteiger partial charge in [-0.05, 0) is 25.0 Å². The predicted molar refractivity (Wildman–Crippen MR) is 60.9 cm³/mol. The van der Waals surface area contributed by atoms with E-state index in [1.807, 2.05) is 36.5 Å². The minimum absolute atomic E-state index is 0.505. The summed E-state index contributed by atoms with van der Waals surface area (Å²) in [6.45, 7) is 0. The van der Waals surface area contributed by atoms with Crippen LogP contribution < -0.4 is 0 Å². The van der Waals surface area contributed by atoms with Gasteiger partial charge in [-0.2, -0.15) is 5.10 Å². The van der Waals surface area contributed by atoms with E-state index in [2.05, 4.69) is 5.10 Å². The smallest absolute Gasteiger partial charge is 0.153 e. The number of carbonyl (C=O) groups excluding carboxylic acids is 1. The van der Waals surface area contributed by atoms with E-state index in [9.17, 15) is 4.79 Å². The Morgan fingerprint density at radius 2 is 2.00 bits per heavy atom. The van der Waals surface area contributed by atoms with Crippen molar-refractivity contribution in [3.8, 4) is 5.69 Å². The van der Waals surface area contributed by atoms with Gasteiger partial charge in [0.1, 0.15) is 0 Å². The maximum absolute atomic E-state index is 11.0. The number of para-hydroxylation sites is 1. The van der Waals surface area contributed by atoms with Crippen molar-refractivity contribution in [2.24, 2.45) is 0 Å². The van der Waals surface area contributed by atoms with Gasteiger partial charge in [0.05, 0.1) is 16.9 Å². The van der Waals surface area contributed by atoms with Crippen LogP contribution in [-0.2, 0) is 0 Å². The van der Waals surface area contributed by atoms with Gasteiger partial charge in [-0.1, -0.05) is 18.2 Å². The van der Waals surface area contributed by atoms with Crippen molar-refractivity contribution in [3.63, 3.8) is 0 Å². The topological polar surface area (TPSA) is 34.9 Å². The minimum Gasteiger partial charge on any atom is -0.298 e. The molecule has 1 aromatic heterocycles. The standard InChI is InChI=1S/C13H12N2O/c16-9-11-8-15(12-4-2-1-3-5-12)14-13(11)10-6-7-10/h1-5,8-10H,6-7H2. The van der Waals surface area contributed by atoms with E-state index < -0.39 is 0 Å². The molecule has 0 amide bonds. The molecule has 0 saturated heterocycles. The molecule has 0 unspecified atom stereocenters. The summed E-state index contributed by atoms with van der Waals surface area (Å²) in [5, 5.41) is 4.50. The van der Waals surface area contributed by atoms with E-state index in [0.29, 0.717) is 5.92 Å². The van der Waals surface area contributed by atoms with Crippen LogP contribution in [0.5, 0.6) is 0 Å². The predicted octanol–water partition coefficient (Wildman–Crippen LogP) is 2.56. The summed E-state index contributed by atoms with van der Waals surface area (Å²) in [7, 11) is 0. The van der Waals surface area contributed by atoms with Crippen molar-refractivity contribution in [2.75, 3.05) is 0 Å². The van der Waals surface area contributed by atoms with Gasteiger partial charge in [0.25, 0.3) is 0 Å². The van der Waals surface area contributed by atoms with Crippen molar-refractivity contribution in [1.82, 2.24) is 9.78 Å². The number of benzene rings is 1. The number of nitrogens with zero attached hydrogens (tertiary/aromatic N) is 2. The first-order chi connectivity index (χ1) is 7.88. The van der Waals surface area contributed by atoms with Gasteiger partial charge in [-0.15, -0.1) is 0 Å². The Bertz CT molecular complexity index is 512. The third kappa shape index (κ3) is 1.54. The normalized spacial score (nSPS) is 15.0. The van der Waals surface area contributed by atoms with E-state index in [-0.39, 0.29) is 0 Å². The van der Waals surface area contributed by atoms with Gasteiger partial charge >= 0.3 is 0 Å². The molecule has 1 saturated carbocycles. The van der Waals surface area contributed by atoms with Gasteiger partial charge < -0.3 is 0 Å². The Kier molecular flexibility index (Phi) is 2.10. The summed E-state index contributed by atoms with van der Waals surface area (Å²) < 4.78 is 1.79. The second-order valence-electron chi connectivity index (χ2n) is 4.14. The second kappa shape index (κ2) is 3.59. The van der Waals surface area contributed by atoms with Crippen molar-refractivity contribution in [3.05, 3.63) is 47.8 Å². The average Bonchev–Trinajstić information content (AvgIpc) is 3.10. The Morgan fingerprint density at radius 1 is 1.25 bits per heavy atom. The molecule has 2 aromatic rings. The Morgan fingerprint density at radius 3 is 2.62 bits per heavy atom. The maximum atomic E-state index is 11.0. The molecular weight excluding hydrogens is 200 g/mol. The molecule has 0 atom stereocenters. The summed E-state index contributed by atoms with van der Waals surface area (Å²) in [6, 6.07) is 9.87. The van der Waals surface area contributed by atoms with E-state index in [0.717, 1.165) is 36.1 Å². The Labute approximate surface area is 93.7 Å². The van der Waals surface area contributed by atoms with Crippen molar-refractivity contribution in [1.29, 1.82) is 0 Å². The molecule has 80 valence electrons.